The summed E-state index contributed by atoms with van der Waals surface area (Å²) in [4.78, 5) is 11.1. The minimum Gasteiger partial charge on any atom is -0.353 e. The van der Waals surface area contributed by atoms with Crippen LogP contribution in [0.1, 0.15) is 38.5 Å². The second-order valence-electron chi connectivity index (χ2n) is 3.33. The van der Waals surface area contributed by atoms with Crippen molar-refractivity contribution in [3.63, 3.8) is 0 Å². The van der Waals surface area contributed by atoms with Gasteiger partial charge in [-0.15, -0.1) is 13.2 Å². The molecule has 0 unspecified atom stereocenters. The molecule has 80 valence electrons. The van der Waals surface area contributed by atoms with Crippen molar-refractivity contribution in [2.45, 2.75) is 38.5 Å². The molecule has 0 fully saturated rings. The third-order valence-corrected chi connectivity index (χ3v) is 2.01. The van der Waals surface area contributed by atoms with E-state index in [0.29, 0.717) is 13.0 Å². The molecule has 0 aliphatic carbocycles. The summed E-state index contributed by atoms with van der Waals surface area (Å²) in [5.41, 5.74) is 0. The van der Waals surface area contributed by atoms with E-state index in [1.807, 2.05) is 6.08 Å². The zero-order valence-electron chi connectivity index (χ0n) is 8.93. The van der Waals surface area contributed by atoms with Crippen LogP contribution in [-0.4, -0.2) is 12.5 Å². The molecule has 14 heavy (non-hydrogen) atoms. The Bertz CT molecular complexity index is 175. The lowest BCUT2D eigenvalue weighted by molar-refractivity contribution is -0.121. The van der Waals surface area contributed by atoms with Crippen LogP contribution in [0.4, 0.5) is 0 Å². The Balaban J connectivity index is 3.14. The Morgan fingerprint density at radius 1 is 1.07 bits per heavy atom. The predicted molar refractivity (Wildman–Crippen MR) is 61.1 cm³/mol. The molecule has 0 aromatic rings. The molecule has 0 heterocycles. The Morgan fingerprint density at radius 2 is 1.79 bits per heavy atom. The number of hydrogen-bond acceptors (Lipinski definition) is 1. The van der Waals surface area contributed by atoms with Gasteiger partial charge in [-0.05, 0) is 19.3 Å². The number of rotatable bonds is 9. The normalized spacial score (nSPS) is 9.43. The minimum atomic E-state index is 0.133. The van der Waals surface area contributed by atoms with Gasteiger partial charge >= 0.3 is 0 Å². The zero-order valence-corrected chi connectivity index (χ0v) is 8.93. The highest BCUT2D eigenvalue weighted by molar-refractivity contribution is 5.75. The van der Waals surface area contributed by atoms with Gasteiger partial charge in [0.2, 0.25) is 5.91 Å². The van der Waals surface area contributed by atoms with Gasteiger partial charge in [0.25, 0.3) is 0 Å². The summed E-state index contributed by atoms with van der Waals surface area (Å²) < 4.78 is 0. The van der Waals surface area contributed by atoms with Crippen LogP contribution >= 0.6 is 0 Å². The van der Waals surface area contributed by atoms with E-state index in [1.54, 1.807) is 6.08 Å². The Labute approximate surface area is 87.1 Å². The molecular weight excluding hydrogens is 174 g/mol. The van der Waals surface area contributed by atoms with Gasteiger partial charge in [0.1, 0.15) is 0 Å². The van der Waals surface area contributed by atoms with Crippen LogP contribution in [0.15, 0.2) is 25.3 Å². The van der Waals surface area contributed by atoms with E-state index >= 15 is 0 Å². The zero-order chi connectivity index (χ0) is 10.6. The number of carbonyl (C=O) groups is 1. The maximum Gasteiger partial charge on any atom is 0.220 e. The topological polar surface area (TPSA) is 29.1 Å². The Hall–Kier alpha value is -1.05. The van der Waals surface area contributed by atoms with Gasteiger partial charge < -0.3 is 5.32 Å². The van der Waals surface area contributed by atoms with Crippen molar-refractivity contribution < 1.29 is 4.79 Å². The van der Waals surface area contributed by atoms with Crippen molar-refractivity contribution in [1.82, 2.24) is 5.32 Å². The quantitative estimate of drug-likeness (QED) is 0.445. The largest absolute Gasteiger partial charge is 0.353 e. The summed E-state index contributed by atoms with van der Waals surface area (Å²) in [6, 6.07) is 0. The first-order chi connectivity index (χ1) is 6.81. The Morgan fingerprint density at radius 3 is 2.43 bits per heavy atom. The van der Waals surface area contributed by atoms with Crippen LogP contribution in [0.2, 0.25) is 0 Å². The van der Waals surface area contributed by atoms with Crippen LogP contribution in [-0.2, 0) is 4.79 Å². The molecular formula is C12H21NO. The van der Waals surface area contributed by atoms with Crippen LogP contribution in [0.25, 0.3) is 0 Å². The lowest BCUT2D eigenvalue weighted by Crippen LogP contribution is -2.22. The predicted octanol–water partition coefficient (Wildman–Crippen LogP) is 2.82. The first kappa shape index (κ1) is 12.9. The Kier molecular flexibility index (Phi) is 9.28. The molecule has 0 aliphatic rings. The minimum absolute atomic E-state index is 0.133. The highest BCUT2D eigenvalue weighted by atomic mass is 16.1. The number of hydrogen-bond donors (Lipinski definition) is 1. The van der Waals surface area contributed by atoms with E-state index in [4.69, 9.17) is 0 Å². The molecule has 0 rings (SSSR count). The first-order valence-corrected chi connectivity index (χ1v) is 5.29. The maximum atomic E-state index is 11.1. The van der Waals surface area contributed by atoms with E-state index in [9.17, 15) is 4.79 Å². The highest BCUT2D eigenvalue weighted by Gasteiger charge is 1.98. The molecule has 0 aliphatic heterocycles. The van der Waals surface area contributed by atoms with Crippen LogP contribution in [0.5, 0.6) is 0 Å². The molecule has 1 N–H and O–H groups in total. The summed E-state index contributed by atoms with van der Waals surface area (Å²) in [6.07, 6.45) is 9.87. The van der Waals surface area contributed by atoms with E-state index in [2.05, 4.69) is 18.5 Å². The number of allylic oxidation sites excluding steroid dienone is 1. The smallest absolute Gasteiger partial charge is 0.220 e. The summed E-state index contributed by atoms with van der Waals surface area (Å²) in [5.74, 6) is 0.133. The molecule has 0 aromatic heterocycles. The fraction of sp³-hybridized carbons (Fsp3) is 0.583. The van der Waals surface area contributed by atoms with Gasteiger partial charge in [0.05, 0.1) is 0 Å². The molecule has 0 aromatic carbocycles. The van der Waals surface area contributed by atoms with E-state index in [-0.39, 0.29) is 5.91 Å². The van der Waals surface area contributed by atoms with Crippen molar-refractivity contribution in [2.24, 2.45) is 0 Å². The summed E-state index contributed by atoms with van der Waals surface area (Å²) in [5, 5.41) is 2.76. The highest BCUT2D eigenvalue weighted by Crippen LogP contribution is 2.05. The van der Waals surface area contributed by atoms with Crippen LogP contribution in [0.3, 0.4) is 0 Å². The van der Waals surface area contributed by atoms with Crippen molar-refractivity contribution in [2.75, 3.05) is 6.54 Å². The average molecular weight is 195 g/mol. The van der Waals surface area contributed by atoms with Crippen LogP contribution < -0.4 is 5.32 Å². The lowest BCUT2D eigenvalue weighted by atomic mass is 10.1. The molecule has 0 saturated carbocycles. The first-order valence-electron chi connectivity index (χ1n) is 5.29. The van der Waals surface area contributed by atoms with Gasteiger partial charge in [0, 0.05) is 13.0 Å². The van der Waals surface area contributed by atoms with E-state index < -0.39 is 0 Å². The second-order valence-corrected chi connectivity index (χ2v) is 3.33. The number of nitrogens with one attached hydrogen (secondary N) is 1. The summed E-state index contributed by atoms with van der Waals surface area (Å²) in [7, 11) is 0. The molecule has 2 heteroatoms. The van der Waals surface area contributed by atoms with Crippen molar-refractivity contribution in [3.05, 3.63) is 25.3 Å². The van der Waals surface area contributed by atoms with Gasteiger partial charge in [-0.1, -0.05) is 25.0 Å². The molecule has 1 amide bonds. The summed E-state index contributed by atoms with van der Waals surface area (Å²) >= 11 is 0. The molecule has 0 bridgehead atoms. The molecule has 0 atom stereocenters. The monoisotopic (exact) mass is 195 g/mol. The van der Waals surface area contributed by atoms with Gasteiger partial charge in [0.15, 0.2) is 0 Å². The fourth-order valence-electron chi connectivity index (χ4n) is 1.20. The van der Waals surface area contributed by atoms with Crippen molar-refractivity contribution in [3.8, 4) is 0 Å². The third-order valence-electron chi connectivity index (χ3n) is 2.01. The molecule has 0 spiro atoms. The molecule has 0 saturated heterocycles. The van der Waals surface area contributed by atoms with Crippen LogP contribution in [0, 0.1) is 0 Å². The van der Waals surface area contributed by atoms with Gasteiger partial charge in [-0.2, -0.15) is 0 Å². The molecule has 0 radical (unpaired) electrons. The third kappa shape index (κ3) is 9.04. The maximum absolute atomic E-state index is 11.1. The van der Waals surface area contributed by atoms with Crippen molar-refractivity contribution in [1.29, 1.82) is 0 Å². The number of carbonyl (C=O) groups excluding carboxylic acids is 1. The second kappa shape index (κ2) is 10.0. The SMILES string of the molecule is C=CCCCCCCC(=O)NCC=C. The number of unbranched alkanes of at least 4 members (excludes halogenated alkanes) is 4. The van der Waals surface area contributed by atoms with E-state index in [0.717, 1.165) is 19.3 Å². The van der Waals surface area contributed by atoms with Gasteiger partial charge in [-0.3, -0.25) is 4.79 Å². The lowest BCUT2D eigenvalue weighted by Gasteiger charge is -2.01. The number of amides is 1. The molecule has 2 nitrogen and oxygen atoms in total. The van der Waals surface area contributed by atoms with E-state index in [1.165, 1.54) is 12.8 Å². The van der Waals surface area contributed by atoms with Crippen molar-refractivity contribution >= 4 is 5.91 Å². The van der Waals surface area contributed by atoms with Gasteiger partial charge in [-0.25, -0.2) is 0 Å². The standard InChI is InChI=1S/C12H21NO/c1-3-5-6-7-8-9-10-12(14)13-11-4-2/h3-4H,1-2,5-11H2,(H,13,14). The fourth-order valence-corrected chi connectivity index (χ4v) is 1.20. The summed E-state index contributed by atoms with van der Waals surface area (Å²) in [6.45, 7) is 7.78. The average Bonchev–Trinajstić information content (AvgIpc) is 2.20.